The van der Waals surface area contributed by atoms with Crippen molar-refractivity contribution >= 4 is 32.4 Å². The average Bonchev–Trinajstić information content (AvgIpc) is 2.48. The van der Waals surface area contributed by atoms with Gasteiger partial charge in [-0.15, -0.1) is 0 Å². The van der Waals surface area contributed by atoms with E-state index in [1.807, 2.05) is 12.3 Å². The molecule has 0 amide bonds. The fourth-order valence-electron chi connectivity index (χ4n) is 2.71. The predicted molar refractivity (Wildman–Crippen MR) is 76.8 cm³/mol. The number of aromatic nitrogens is 1. The average molecular weight is 229 g/mol. The van der Waals surface area contributed by atoms with E-state index in [9.17, 15) is 0 Å². The Labute approximate surface area is 105 Å². The van der Waals surface area contributed by atoms with Gasteiger partial charge in [0.1, 0.15) is 0 Å². The Hall–Kier alpha value is -2.41. The van der Waals surface area contributed by atoms with Crippen molar-refractivity contribution in [1.82, 2.24) is 4.98 Å². The van der Waals surface area contributed by atoms with E-state index in [0.717, 1.165) is 5.52 Å². The second kappa shape index (κ2) is 3.54. The molecule has 84 valence electrons. The van der Waals surface area contributed by atoms with Crippen molar-refractivity contribution in [2.45, 2.75) is 0 Å². The van der Waals surface area contributed by atoms with Crippen molar-refractivity contribution in [3.63, 3.8) is 0 Å². The molecule has 0 aliphatic rings. The van der Waals surface area contributed by atoms with Crippen LogP contribution in [0.5, 0.6) is 0 Å². The summed E-state index contributed by atoms with van der Waals surface area (Å²) in [5, 5.41) is 6.31. The van der Waals surface area contributed by atoms with E-state index in [-0.39, 0.29) is 0 Å². The zero-order chi connectivity index (χ0) is 11.9. The molecular formula is C17H11N. The maximum atomic E-state index is 4.56. The Balaban J connectivity index is 2.46. The fraction of sp³-hybridized carbons (Fsp3) is 0. The Morgan fingerprint density at radius 3 is 1.56 bits per heavy atom. The summed E-state index contributed by atoms with van der Waals surface area (Å²) in [7, 11) is 0. The molecule has 1 nitrogen and oxygen atoms in total. The van der Waals surface area contributed by atoms with Crippen molar-refractivity contribution in [2.75, 3.05) is 0 Å². The molecule has 1 heteroatoms. The molecule has 0 unspecified atom stereocenters. The van der Waals surface area contributed by atoms with Gasteiger partial charge in [-0.1, -0.05) is 54.6 Å². The highest BCUT2D eigenvalue weighted by molar-refractivity contribution is 6.23. The predicted octanol–water partition coefficient (Wildman–Crippen LogP) is 4.54. The first-order valence-electron chi connectivity index (χ1n) is 6.09. The molecule has 0 aliphatic carbocycles. The number of pyridine rings is 1. The molecule has 0 N–H and O–H groups in total. The molecule has 4 aromatic rings. The van der Waals surface area contributed by atoms with Crippen molar-refractivity contribution in [3.8, 4) is 0 Å². The van der Waals surface area contributed by atoms with Crippen LogP contribution in [0, 0.1) is 0 Å². The highest BCUT2D eigenvalue weighted by Crippen LogP contribution is 2.33. The summed E-state index contributed by atoms with van der Waals surface area (Å²) in [5.74, 6) is 0. The Kier molecular flexibility index (Phi) is 1.89. The molecule has 0 saturated heterocycles. The van der Waals surface area contributed by atoms with Crippen LogP contribution in [0.3, 0.4) is 0 Å². The third kappa shape index (κ3) is 1.19. The van der Waals surface area contributed by atoms with Crippen LogP contribution in [0.4, 0.5) is 0 Å². The fourth-order valence-corrected chi connectivity index (χ4v) is 2.71. The lowest BCUT2D eigenvalue weighted by atomic mass is 9.97. The third-order valence-electron chi connectivity index (χ3n) is 3.50. The third-order valence-corrected chi connectivity index (χ3v) is 3.50. The highest BCUT2D eigenvalue weighted by Gasteiger charge is 2.07. The largest absolute Gasteiger partial charge is 0.256 e. The number of benzene rings is 3. The quantitative estimate of drug-likeness (QED) is 0.403. The summed E-state index contributed by atoms with van der Waals surface area (Å²) in [6.07, 6.45) is 1.86. The van der Waals surface area contributed by atoms with Crippen LogP contribution in [0.1, 0.15) is 0 Å². The van der Waals surface area contributed by atoms with E-state index in [1.54, 1.807) is 0 Å². The van der Waals surface area contributed by atoms with Crippen molar-refractivity contribution in [1.29, 1.82) is 0 Å². The second-order valence-corrected chi connectivity index (χ2v) is 4.49. The van der Waals surface area contributed by atoms with Crippen LogP contribution in [0.2, 0.25) is 0 Å². The van der Waals surface area contributed by atoms with Crippen LogP contribution in [-0.2, 0) is 0 Å². The van der Waals surface area contributed by atoms with Gasteiger partial charge in [0.15, 0.2) is 0 Å². The molecule has 0 fully saturated rings. The molecule has 0 aliphatic heterocycles. The minimum atomic E-state index is 1.09. The Bertz CT molecular complexity index is 657. The summed E-state index contributed by atoms with van der Waals surface area (Å²) < 4.78 is 0. The van der Waals surface area contributed by atoms with E-state index in [0.29, 0.717) is 0 Å². The standard InChI is InChI=1S/C17H11N/c1-2-7-14-12(6-1)13-8-3-4-9-15(13)17-16(14)10-5-11-18-17/h1-11H. The van der Waals surface area contributed by atoms with E-state index in [1.165, 1.54) is 26.9 Å². The van der Waals surface area contributed by atoms with Gasteiger partial charge in [0.25, 0.3) is 0 Å². The van der Waals surface area contributed by atoms with E-state index in [2.05, 4.69) is 59.6 Å². The zero-order valence-corrected chi connectivity index (χ0v) is 9.80. The Morgan fingerprint density at radius 1 is 0.500 bits per heavy atom. The molecule has 0 spiro atoms. The van der Waals surface area contributed by atoms with Crippen LogP contribution in [0.15, 0.2) is 66.9 Å². The van der Waals surface area contributed by atoms with Gasteiger partial charge in [-0.05, 0) is 22.2 Å². The lowest BCUT2D eigenvalue weighted by Gasteiger charge is -2.08. The summed E-state index contributed by atoms with van der Waals surface area (Å²) in [4.78, 5) is 4.56. The maximum absolute atomic E-state index is 4.56. The van der Waals surface area contributed by atoms with Crippen LogP contribution in [-0.4, -0.2) is 4.98 Å². The van der Waals surface area contributed by atoms with Crippen LogP contribution < -0.4 is 0 Å². The van der Waals surface area contributed by atoms with E-state index < -0.39 is 0 Å². The van der Waals surface area contributed by atoms with E-state index in [4.69, 9.17) is 0 Å². The first-order valence-corrected chi connectivity index (χ1v) is 6.09. The lowest BCUT2D eigenvalue weighted by molar-refractivity contribution is 1.43. The molecule has 0 radical (unpaired) electrons. The normalized spacial score (nSPS) is 11.3. The highest BCUT2D eigenvalue weighted by atomic mass is 14.6. The monoisotopic (exact) mass is 229 g/mol. The maximum Gasteiger partial charge on any atom is 0.0786 e. The number of nitrogens with zero attached hydrogens (tertiary/aromatic N) is 1. The number of fused-ring (bicyclic) bond motifs is 6. The second-order valence-electron chi connectivity index (χ2n) is 4.49. The minimum Gasteiger partial charge on any atom is -0.256 e. The van der Waals surface area contributed by atoms with Crippen molar-refractivity contribution in [3.05, 3.63) is 66.9 Å². The zero-order valence-electron chi connectivity index (χ0n) is 9.80. The number of hydrogen-bond acceptors (Lipinski definition) is 1. The van der Waals surface area contributed by atoms with Gasteiger partial charge in [0, 0.05) is 17.0 Å². The van der Waals surface area contributed by atoms with Gasteiger partial charge >= 0.3 is 0 Å². The SMILES string of the molecule is c1ccc2c(c1)c1ccccc1c1ncccc21. The molecular weight excluding hydrogens is 218 g/mol. The first-order chi connectivity index (χ1) is 8.95. The molecule has 0 atom stereocenters. The smallest absolute Gasteiger partial charge is 0.0786 e. The molecule has 1 aromatic heterocycles. The van der Waals surface area contributed by atoms with Gasteiger partial charge in [0.2, 0.25) is 0 Å². The lowest BCUT2D eigenvalue weighted by Crippen LogP contribution is -1.84. The molecule has 18 heavy (non-hydrogen) atoms. The molecule has 0 saturated carbocycles. The van der Waals surface area contributed by atoms with E-state index >= 15 is 0 Å². The summed E-state index contributed by atoms with van der Waals surface area (Å²) in [6.45, 7) is 0. The molecule has 4 rings (SSSR count). The number of rotatable bonds is 0. The molecule has 0 bridgehead atoms. The summed E-state index contributed by atoms with van der Waals surface area (Å²) >= 11 is 0. The minimum absolute atomic E-state index is 1.09. The first kappa shape index (κ1) is 9.60. The van der Waals surface area contributed by atoms with Gasteiger partial charge < -0.3 is 0 Å². The Morgan fingerprint density at radius 2 is 0.944 bits per heavy atom. The topological polar surface area (TPSA) is 12.9 Å². The summed E-state index contributed by atoms with van der Waals surface area (Å²) in [6, 6.07) is 21.2. The molecule has 3 aromatic carbocycles. The van der Waals surface area contributed by atoms with Crippen molar-refractivity contribution in [2.24, 2.45) is 0 Å². The van der Waals surface area contributed by atoms with Crippen molar-refractivity contribution < 1.29 is 0 Å². The van der Waals surface area contributed by atoms with Gasteiger partial charge in [-0.2, -0.15) is 0 Å². The van der Waals surface area contributed by atoms with Crippen LogP contribution in [0.25, 0.3) is 32.4 Å². The van der Waals surface area contributed by atoms with Crippen LogP contribution >= 0.6 is 0 Å². The van der Waals surface area contributed by atoms with Gasteiger partial charge in [0.05, 0.1) is 5.52 Å². The van der Waals surface area contributed by atoms with Gasteiger partial charge in [-0.3, -0.25) is 4.98 Å². The summed E-state index contributed by atoms with van der Waals surface area (Å²) in [5.41, 5.74) is 1.09. The molecule has 1 heterocycles. The number of hydrogen-bond donors (Lipinski definition) is 0. The van der Waals surface area contributed by atoms with Gasteiger partial charge in [-0.25, -0.2) is 0 Å².